The highest BCUT2D eigenvalue weighted by atomic mass is 19.1. The molecule has 22 heavy (non-hydrogen) atoms. The SMILES string of the molecule is C[C@]1(c2ccc(C3CCNCC3F)cc2)CCC(=O)NC1=O. The van der Waals surface area contributed by atoms with E-state index in [1.165, 1.54) is 0 Å². The summed E-state index contributed by atoms with van der Waals surface area (Å²) in [6.45, 7) is 3.08. The van der Waals surface area contributed by atoms with Crippen LogP contribution in [0.1, 0.15) is 43.2 Å². The third-order valence-electron chi connectivity index (χ3n) is 4.99. The minimum atomic E-state index is -0.870. The second kappa shape index (κ2) is 5.80. The van der Waals surface area contributed by atoms with Crippen molar-refractivity contribution in [3.8, 4) is 0 Å². The van der Waals surface area contributed by atoms with Crippen LogP contribution in [0.4, 0.5) is 4.39 Å². The topological polar surface area (TPSA) is 58.2 Å². The molecule has 0 bridgehead atoms. The summed E-state index contributed by atoms with van der Waals surface area (Å²) in [4.78, 5) is 23.5. The Labute approximate surface area is 129 Å². The smallest absolute Gasteiger partial charge is 0.236 e. The predicted octanol–water partition coefficient (Wildman–Crippen LogP) is 1.80. The molecule has 2 N–H and O–H groups in total. The van der Waals surface area contributed by atoms with E-state index in [9.17, 15) is 14.0 Å². The van der Waals surface area contributed by atoms with Crippen molar-refractivity contribution in [2.24, 2.45) is 0 Å². The Morgan fingerprint density at radius 3 is 2.59 bits per heavy atom. The van der Waals surface area contributed by atoms with E-state index in [0.29, 0.717) is 19.4 Å². The number of carbonyl (C=O) groups excluding carboxylic acids is 2. The van der Waals surface area contributed by atoms with Crippen molar-refractivity contribution in [3.05, 3.63) is 35.4 Å². The van der Waals surface area contributed by atoms with Gasteiger partial charge in [0.25, 0.3) is 0 Å². The van der Waals surface area contributed by atoms with Crippen molar-refractivity contribution in [3.63, 3.8) is 0 Å². The molecule has 0 aromatic heterocycles. The van der Waals surface area contributed by atoms with Crippen LogP contribution in [0.3, 0.4) is 0 Å². The zero-order valence-corrected chi connectivity index (χ0v) is 12.7. The van der Waals surface area contributed by atoms with Gasteiger partial charge in [0.1, 0.15) is 6.17 Å². The number of carbonyl (C=O) groups is 2. The van der Waals surface area contributed by atoms with Crippen molar-refractivity contribution in [1.82, 2.24) is 10.6 Å². The van der Waals surface area contributed by atoms with Crippen molar-refractivity contribution in [2.45, 2.75) is 43.7 Å². The molecule has 2 aliphatic rings. The first kappa shape index (κ1) is 15.2. The molecule has 0 aliphatic carbocycles. The monoisotopic (exact) mass is 304 g/mol. The molecule has 0 saturated carbocycles. The van der Waals surface area contributed by atoms with E-state index in [2.05, 4.69) is 10.6 Å². The highest BCUT2D eigenvalue weighted by molar-refractivity contribution is 6.03. The van der Waals surface area contributed by atoms with Gasteiger partial charge in [-0.1, -0.05) is 24.3 Å². The maximum absolute atomic E-state index is 14.0. The normalized spacial score (nSPS) is 32.6. The molecule has 2 aliphatic heterocycles. The second-order valence-electron chi connectivity index (χ2n) is 6.45. The number of hydrogen-bond acceptors (Lipinski definition) is 3. The predicted molar refractivity (Wildman–Crippen MR) is 81.3 cm³/mol. The van der Waals surface area contributed by atoms with E-state index >= 15 is 0 Å². The van der Waals surface area contributed by atoms with E-state index in [1.807, 2.05) is 31.2 Å². The summed E-state index contributed by atoms with van der Waals surface area (Å²) in [6.07, 6.45) is 0.777. The molecule has 2 unspecified atom stereocenters. The molecule has 2 heterocycles. The Balaban J connectivity index is 1.82. The number of halogens is 1. The fourth-order valence-corrected chi connectivity index (χ4v) is 3.37. The van der Waals surface area contributed by atoms with Crippen LogP contribution >= 0.6 is 0 Å². The Hall–Kier alpha value is -1.75. The van der Waals surface area contributed by atoms with E-state index in [-0.39, 0.29) is 17.7 Å². The molecule has 3 atom stereocenters. The van der Waals surface area contributed by atoms with E-state index in [0.717, 1.165) is 24.1 Å². The molecule has 1 aromatic rings. The summed E-state index contributed by atoms with van der Waals surface area (Å²) in [6, 6.07) is 7.65. The number of hydrogen-bond donors (Lipinski definition) is 2. The number of rotatable bonds is 2. The van der Waals surface area contributed by atoms with Crippen LogP contribution < -0.4 is 10.6 Å². The molecule has 5 heteroatoms. The summed E-state index contributed by atoms with van der Waals surface area (Å²) in [5.41, 5.74) is 1.18. The Morgan fingerprint density at radius 2 is 1.95 bits per heavy atom. The van der Waals surface area contributed by atoms with Crippen LogP contribution in [0.5, 0.6) is 0 Å². The van der Waals surface area contributed by atoms with Gasteiger partial charge < -0.3 is 5.32 Å². The van der Waals surface area contributed by atoms with Gasteiger partial charge in [0.15, 0.2) is 0 Å². The molecule has 1 aromatic carbocycles. The lowest BCUT2D eigenvalue weighted by atomic mass is 9.75. The summed E-state index contributed by atoms with van der Waals surface area (Å²) in [5, 5.41) is 5.46. The van der Waals surface area contributed by atoms with Gasteiger partial charge in [-0.15, -0.1) is 0 Å². The average Bonchev–Trinajstić information content (AvgIpc) is 2.52. The van der Waals surface area contributed by atoms with Crippen LogP contribution in [0.15, 0.2) is 24.3 Å². The summed E-state index contributed by atoms with van der Waals surface area (Å²) >= 11 is 0. The molecule has 0 spiro atoms. The number of benzene rings is 1. The Kier molecular flexibility index (Phi) is 4.00. The van der Waals surface area contributed by atoms with Gasteiger partial charge in [0.2, 0.25) is 11.8 Å². The minimum Gasteiger partial charge on any atom is -0.314 e. The zero-order chi connectivity index (χ0) is 15.7. The maximum Gasteiger partial charge on any atom is 0.236 e. The van der Waals surface area contributed by atoms with Crippen molar-refractivity contribution < 1.29 is 14.0 Å². The van der Waals surface area contributed by atoms with Crippen LogP contribution in [0, 0.1) is 0 Å². The number of imide groups is 1. The summed E-state index contributed by atoms with van der Waals surface area (Å²) in [5.74, 6) is -0.541. The van der Waals surface area contributed by atoms with Crippen molar-refractivity contribution in [1.29, 1.82) is 0 Å². The van der Waals surface area contributed by atoms with Crippen LogP contribution in [0.25, 0.3) is 0 Å². The Bertz CT molecular complexity index is 587. The maximum atomic E-state index is 14.0. The molecule has 0 radical (unpaired) electrons. The van der Waals surface area contributed by atoms with Crippen molar-refractivity contribution >= 4 is 11.8 Å². The molecule has 2 fully saturated rings. The number of alkyl halides is 1. The molecule has 2 saturated heterocycles. The lowest BCUT2D eigenvalue weighted by Crippen LogP contribution is -2.49. The summed E-state index contributed by atoms with van der Waals surface area (Å²) in [7, 11) is 0. The lowest BCUT2D eigenvalue weighted by Gasteiger charge is -2.33. The van der Waals surface area contributed by atoms with E-state index in [4.69, 9.17) is 0 Å². The van der Waals surface area contributed by atoms with E-state index < -0.39 is 11.6 Å². The van der Waals surface area contributed by atoms with Gasteiger partial charge in [0, 0.05) is 18.9 Å². The second-order valence-corrected chi connectivity index (χ2v) is 6.45. The quantitative estimate of drug-likeness (QED) is 0.819. The third kappa shape index (κ3) is 2.65. The fraction of sp³-hybridized carbons (Fsp3) is 0.529. The van der Waals surface area contributed by atoms with Gasteiger partial charge in [-0.05, 0) is 37.4 Å². The number of amides is 2. The van der Waals surface area contributed by atoms with Gasteiger partial charge >= 0.3 is 0 Å². The third-order valence-corrected chi connectivity index (χ3v) is 4.99. The van der Waals surface area contributed by atoms with Crippen molar-refractivity contribution in [2.75, 3.05) is 13.1 Å². The highest BCUT2D eigenvalue weighted by Crippen LogP contribution is 2.34. The van der Waals surface area contributed by atoms with Crippen LogP contribution in [0.2, 0.25) is 0 Å². The largest absolute Gasteiger partial charge is 0.314 e. The molecular weight excluding hydrogens is 283 g/mol. The first-order valence-corrected chi connectivity index (χ1v) is 7.80. The van der Waals surface area contributed by atoms with Crippen LogP contribution in [-0.2, 0) is 15.0 Å². The van der Waals surface area contributed by atoms with Gasteiger partial charge in [-0.25, -0.2) is 4.39 Å². The highest BCUT2D eigenvalue weighted by Gasteiger charge is 2.40. The first-order valence-electron chi connectivity index (χ1n) is 7.80. The van der Waals surface area contributed by atoms with Gasteiger partial charge in [-0.2, -0.15) is 0 Å². The lowest BCUT2D eigenvalue weighted by molar-refractivity contribution is -0.137. The van der Waals surface area contributed by atoms with Crippen LogP contribution in [-0.4, -0.2) is 31.1 Å². The number of nitrogens with one attached hydrogen (secondary N) is 2. The first-order chi connectivity index (χ1) is 10.5. The minimum absolute atomic E-state index is 0.0788. The Morgan fingerprint density at radius 1 is 1.23 bits per heavy atom. The standard InChI is InChI=1S/C17H21FN2O2/c1-17(8-6-15(21)20-16(17)22)12-4-2-11(3-5-12)13-7-9-19-10-14(13)18/h2-5,13-14,19H,6-10H2,1H3,(H,20,21,22)/t13?,14?,17-/m1/s1. The number of piperidine rings is 2. The van der Waals surface area contributed by atoms with E-state index in [1.54, 1.807) is 0 Å². The molecule has 4 nitrogen and oxygen atoms in total. The van der Waals surface area contributed by atoms with Gasteiger partial charge in [0.05, 0.1) is 5.41 Å². The van der Waals surface area contributed by atoms with Gasteiger partial charge in [-0.3, -0.25) is 14.9 Å². The zero-order valence-electron chi connectivity index (χ0n) is 12.7. The average molecular weight is 304 g/mol. The summed E-state index contributed by atoms with van der Waals surface area (Å²) < 4.78 is 14.0. The molecule has 118 valence electrons. The fourth-order valence-electron chi connectivity index (χ4n) is 3.37. The molecule has 3 rings (SSSR count). The molecule has 2 amide bonds. The molecular formula is C17H21FN2O2.